The molecule has 0 aromatic carbocycles. The van der Waals surface area contributed by atoms with Crippen LogP contribution < -0.4 is 11.1 Å². The molecule has 0 saturated carbocycles. The number of nitrogens with one attached hydrogen (secondary N) is 1. The summed E-state index contributed by atoms with van der Waals surface area (Å²) in [6, 6.07) is 4.22. The van der Waals surface area contributed by atoms with E-state index >= 15 is 0 Å². The zero-order chi connectivity index (χ0) is 13.0. The van der Waals surface area contributed by atoms with Gasteiger partial charge in [0, 0.05) is 30.6 Å². The molecule has 1 saturated heterocycles. The Hall–Kier alpha value is -0.910. The van der Waals surface area contributed by atoms with Crippen molar-refractivity contribution in [3.63, 3.8) is 0 Å². The molecule has 5 heteroatoms. The van der Waals surface area contributed by atoms with Gasteiger partial charge in [0.2, 0.25) is 5.91 Å². The maximum Gasteiger partial charge on any atom is 0.240 e. The van der Waals surface area contributed by atoms with Gasteiger partial charge in [-0.05, 0) is 31.2 Å². The standard InChI is InChI=1S/C13H20N2O2S/c1-10(9-11-3-2-8-18-11)15-12(16)13(14)4-6-17-7-5-13/h2-3,8,10H,4-7,9,14H2,1H3,(H,15,16). The number of hydrogen-bond donors (Lipinski definition) is 2. The van der Waals surface area contributed by atoms with E-state index < -0.39 is 5.54 Å². The van der Waals surface area contributed by atoms with E-state index in [0.717, 1.165) is 6.42 Å². The third kappa shape index (κ3) is 3.31. The maximum atomic E-state index is 12.2. The lowest BCUT2D eigenvalue weighted by Gasteiger charge is -2.32. The van der Waals surface area contributed by atoms with Crippen LogP contribution in [-0.2, 0) is 16.0 Å². The Morgan fingerprint density at radius 3 is 2.94 bits per heavy atom. The lowest BCUT2D eigenvalue weighted by molar-refractivity contribution is -0.130. The molecule has 2 heterocycles. The summed E-state index contributed by atoms with van der Waals surface area (Å²) in [7, 11) is 0. The third-order valence-electron chi connectivity index (χ3n) is 3.30. The van der Waals surface area contributed by atoms with Crippen LogP contribution in [0.15, 0.2) is 17.5 Å². The van der Waals surface area contributed by atoms with Gasteiger partial charge in [0.15, 0.2) is 0 Å². The molecule has 100 valence electrons. The van der Waals surface area contributed by atoms with Gasteiger partial charge in [-0.1, -0.05) is 6.07 Å². The highest BCUT2D eigenvalue weighted by molar-refractivity contribution is 7.09. The van der Waals surface area contributed by atoms with Crippen LogP contribution in [0.2, 0.25) is 0 Å². The van der Waals surface area contributed by atoms with Crippen LogP contribution in [0.3, 0.4) is 0 Å². The zero-order valence-corrected chi connectivity index (χ0v) is 11.5. The molecule has 2 rings (SSSR count). The summed E-state index contributed by atoms with van der Waals surface area (Å²) in [6.45, 7) is 3.16. The van der Waals surface area contributed by atoms with Crippen LogP contribution in [0.4, 0.5) is 0 Å². The molecule has 1 aromatic heterocycles. The first-order valence-corrected chi connectivity index (χ1v) is 7.18. The lowest BCUT2D eigenvalue weighted by Crippen LogP contribution is -2.58. The summed E-state index contributed by atoms with van der Waals surface area (Å²) >= 11 is 1.71. The molecule has 1 aliphatic rings. The molecule has 1 unspecified atom stereocenters. The molecule has 0 spiro atoms. The fourth-order valence-electron chi connectivity index (χ4n) is 2.11. The number of nitrogens with two attached hydrogens (primary N) is 1. The molecular formula is C13H20N2O2S. The zero-order valence-electron chi connectivity index (χ0n) is 10.6. The molecule has 1 atom stereocenters. The first kappa shape index (κ1) is 13.5. The van der Waals surface area contributed by atoms with E-state index in [0.29, 0.717) is 26.1 Å². The fourth-order valence-corrected chi connectivity index (χ4v) is 2.95. The van der Waals surface area contributed by atoms with E-state index in [-0.39, 0.29) is 11.9 Å². The Balaban J connectivity index is 1.86. The predicted octanol–water partition coefficient (Wildman–Crippen LogP) is 1.30. The van der Waals surface area contributed by atoms with Crippen LogP contribution in [-0.4, -0.2) is 30.7 Å². The van der Waals surface area contributed by atoms with E-state index in [2.05, 4.69) is 11.4 Å². The van der Waals surface area contributed by atoms with Gasteiger partial charge in [-0.3, -0.25) is 4.79 Å². The average Bonchev–Trinajstić information content (AvgIpc) is 2.82. The molecule has 1 fully saturated rings. The number of carbonyl (C=O) groups is 1. The summed E-state index contributed by atoms with van der Waals surface area (Å²) in [5.41, 5.74) is 5.39. The van der Waals surface area contributed by atoms with Crippen molar-refractivity contribution in [3.05, 3.63) is 22.4 Å². The minimum atomic E-state index is -0.748. The molecular weight excluding hydrogens is 248 g/mol. The van der Waals surface area contributed by atoms with Gasteiger partial charge in [-0.15, -0.1) is 11.3 Å². The molecule has 3 N–H and O–H groups in total. The van der Waals surface area contributed by atoms with Gasteiger partial charge in [0.05, 0.1) is 5.54 Å². The minimum Gasteiger partial charge on any atom is -0.381 e. The number of thiophene rings is 1. The van der Waals surface area contributed by atoms with Gasteiger partial charge >= 0.3 is 0 Å². The molecule has 0 aliphatic carbocycles. The van der Waals surface area contributed by atoms with E-state index in [1.165, 1.54) is 4.88 Å². The predicted molar refractivity (Wildman–Crippen MR) is 72.6 cm³/mol. The Kier molecular flexibility index (Phi) is 4.37. The van der Waals surface area contributed by atoms with E-state index in [1.54, 1.807) is 11.3 Å². The summed E-state index contributed by atoms with van der Waals surface area (Å²) in [5, 5.41) is 5.06. The molecule has 1 aliphatic heterocycles. The molecule has 1 amide bonds. The molecule has 4 nitrogen and oxygen atoms in total. The second-order valence-corrected chi connectivity index (χ2v) is 5.96. The number of ether oxygens (including phenoxy) is 1. The summed E-state index contributed by atoms with van der Waals surface area (Å²) < 4.78 is 5.25. The van der Waals surface area contributed by atoms with E-state index in [1.807, 2.05) is 18.4 Å². The van der Waals surface area contributed by atoms with Crippen molar-refractivity contribution in [3.8, 4) is 0 Å². The Morgan fingerprint density at radius 2 is 2.33 bits per heavy atom. The smallest absolute Gasteiger partial charge is 0.240 e. The summed E-state index contributed by atoms with van der Waals surface area (Å²) in [5.74, 6) is -0.0464. The minimum absolute atomic E-state index is 0.0464. The van der Waals surface area contributed by atoms with Crippen LogP contribution >= 0.6 is 11.3 Å². The van der Waals surface area contributed by atoms with Crippen LogP contribution in [0.5, 0.6) is 0 Å². The van der Waals surface area contributed by atoms with Gasteiger partial charge in [0.25, 0.3) is 0 Å². The van der Waals surface area contributed by atoms with E-state index in [4.69, 9.17) is 10.5 Å². The highest BCUT2D eigenvalue weighted by atomic mass is 32.1. The Bertz CT molecular complexity index is 386. The van der Waals surface area contributed by atoms with E-state index in [9.17, 15) is 4.79 Å². The number of amides is 1. The van der Waals surface area contributed by atoms with Crippen LogP contribution in [0.1, 0.15) is 24.6 Å². The number of hydrogen-bond acceptors (Lipinski definition) is 4. The lowest BCUT2D eigenvalue weighted by atomic mass is 9.90. The topological polar surface area (TPSA) is 64.4 Å². The monoisotopic (exact) mass is 268 g/mol. The van der Waals surface area contributed by atoms with Crippen molar-refractivity contribution < 1.29 is 9.53 Å². The normalized spacial score (nSPS) is 20.3. The van der Waals surface area contributed by atoms with Crippen LogP contribution in [0.25, 0.3) is 0 Å². The van der Waals surface area contributed by atoms with Gasteiger partial charge < -0.3 is 15.8 Å². The molecule has 0 bridgehead atoms. The Labute approximate surface area is 112 Å². The SMILES string of the molecule is CC(Cc1cccs1)NC(=O)C1(N)CCOCC1. The van der Waals surface area contributed by atoms with Crippen molar-refractivity contribution in [1.82, 2.24) is 5.32 Å². The van der Waals surface area contributed by atoms with Crippen molar-refractivity contribution in [2.45, 2.75) is 37.8 Å². The largest absolute Gasteiger partial charge is 0.381 e. The summed E-state index contributed by atoms with van der Waals surface area (Å²) in [4.78, 5) is 13.4. The van der Waals surface area contributed by atoms with Crippen LogP contribution in [0, 0.1) is 0 Å². The third-order valence-corrected chi connectivity index (χ3v) is 4.20. The van der Waals surface area contributed by atoms with Gasteiger partial charge in [0.1, 0.15) is 0 Å². The maximum absolute atomic E-state index is 12.2. The first-order chi connectivity index (χ1) is 8.60. The highest BCUT2D eigenvalue weighted by Gasteiger charge is 2.36. The second kappa shape index (κ2) is 5.82. The second-order valence-electron chi connectivity index (χ2n) is 4.93. The van der Waals surface area contributed by atoms with Gasteiger partial charge in [-0.25, -0.2) is 0 Å². The van der Waals surface area contributed by atoms with Crippen molar-refractivity contribution in [1.29, 1.82) is 0 Å². The quantitative estimate of drug-likeness (QED) is 0.865. The van der Waals surface area contributed by atoms with Crippen molar-refractivity contribution in [2.75, 3.05) is 13.2 Å². The average molecular weight is 268 g/mol. The van der Waals surface area contributed by atoms with Gasteiger partial charge in [-0.2, -0.15) is 0 Å². The summed E-state index contributed by atoms with van der Waals surface area (Å²) in [6.07, 6.45) is 2.06. The van der Waals surface area contributed by atoms with Crippen molar-refractivity contribution in [2.24, 2.45) is 5.73 Å². The molecule has 18 heavy (non-hydrogen) atoms. The fraction of sp³-hybridized carbons (Fsp3) is 0.615. The number of rotatable bonds is 4. The molecule has 1 aromatic rings. The Morgan fingerprint density at radius 1 is 1.61 bits per heavy atom. The first-order valence-electron chi connectivity index (χ1n) is 6.30. The van der Waals surface area contributed by atoms with Crippen molar-refractivity contribution >= 4 is 17.2 Å². The molecule has 0 radical (unpaired) electrons. The highest BCUT2D eigenvalue weighted by Crippen LogP contribution is 2.18. The number of carbonyl (C=O) groups excluding carboxylic acids is 1.